The van der Waals surface area contributed by atoms with Crippen LogP contribution in [0.4, 0.5) is 0 Å². The molecular weight excluding hydrogens is 337 g/mol. The zero-order valence-corrected chi connectivity index (χ0v) is 13.2. The Morgan fingerprint density at radius 1 is 1.43 bits per heavy atom. The number of nitrogens with one attached hydrogen (secondary N) is 1. The van der Waals surface area contributed by atoms with Crippen molar-refractivity contribution in [2.24, 2.45) is 0 Å². The SMILES string of the molecule is O=C(CSc1cc(Cl)ccc1Cl)NC1(C(=O)O)CCOC1. The van der Waals surface area contributed by atoms with Crippen molar-refractivity contribution < 1.29 is 19.4 Å². The molecule has 1 fully saturated rings. The molecule has 21 heavy (non-hydrogen) atoms. The third-order valence-corrected chi connectivity index (χ3v) is 4.79. The summed E-state index contributed by atoms with van der Waals surface area (Å²) in [6, 6.07) is 4.96. The van der Waals surface area contributed by atoms with Crippen LogP contribution in [0, 0.1) is 0 Å². The first-order chi connectivity index (χ1) is 9.93. The Hall–Kier alpha value is -0.950. The second kappa shape index (κ2) is 6.87. The second-order valence-corrected chi connectivity index (χ2v) is 6.46. The number of amides is 1. The molecule has 5 nitrogen and oxygen atoms in total. The molecule has 1 amide bonds. The van der Waals surface area contributed by atoms with Crippen LogP contribution in [-0.4, -0.2) is 41.5 Å². The van der Waals surface area contributed by atoms with Gasteiger partial charge in [0.15, 0.2) is 5.54 Å². The number of carboxylic acids is 1. The lowest BCUT2D eigenvalue weighted by atomic mass is 9.99. The zero-order valence-electron chi connectivity index (χ0n) is 10.9. The number of aliphatic carboxylic acids is 1. The van der Waals surface area contributed by atoms with Crippen molar-refractivity contribution in [1.82, 2.24) is 5.32 Å². The molecule has 2 N–H and O–H groups in total. The van der Waals surface area contributed by atoms with Crippen LogP contribution >= 0.6 is 35.0 Å². The molecule has 1 aromatic carbocycles. The number of carbonyl (C=O) groups is 2. The van der Waals surface area contributed by atoms with Crippen LogP contribution in [0.5, 0.6) is 0 Å². The van der Waals surface area contributed by atoms with Crippen molar-refractivity contribution in [3.05, 3.63) is 28.2 Å². The number of thioether (sulfide) groups is 1. The Kier molecular flexibility index (Phi) is 5.37. The summed E-state index contributed by atoms with van der Waals surface area (Å²) in [6.45, 7) is 0.302. The Morgan fingerprint density at radius 3 is 2.81 bits per heavy atom. The predicted octanol–water partition coefficient (Wildman–Crippen LogP) is 2.45. The van der Waals surface area contributed by atoms with Gasteiger partial charge in [-0.25, -0.2) is 4.79 Å². The molecule has 0 bridgehead atoms. The fourth-order valence-corrected chi connectivity index (χ4v) is 3.21. The van der Waals surface area contributed by atoms with Gasteiger partial charge in [0.05, 0.1) is 17.4 Å². The van der Waals surface area contributed by atoms with E-state index in [4.69, 9.17) is 27.9 Å². The molecule has 1 saturated heterocycles. The lowest BCUT2D eigenvalue weighted by Gasteiger charge is -2.23. The zero-order chi connectivity index (χ0) is 15.5. The molecule has 1 aliphatic rings. The van der Waals surface area contributed by atoms with E-state index < -0.39 is 11.5 Å². The lowest BCUT2D eigenvalue weighted by Crippen LogP contribution is -2.55. The summed E-state index contributed by atoms with van der Waals surface area (Å²) in [6.07, 6.45) is 0.261. The highest BCUT2D eigenvalue weighted by Crippen LogP contribution is 2.30. The van der Waals surface area contributed by atoms with Gasteiger partial charge in [-0.1, -0.05) is 23.2 Å². The van der Waals surface area contributed by atoms with E-state index in [2.05, 4.69) is 5.32 Å². The lowest BCUT2D eigenvalue weighted by molar-refractivity contribution is -0.147. The van der Waals surface area contributed by atoms with Crippen molar-refractivity contribution in [1.29, 1.82) is 0 Å². The highest BCUT2D eigenvalue weighted by Gasteiger charge is 2.43. The van der Waals surface area contributed by atoms with Crippen molar-refractivity contribution in [2.45, 2.75) is 16.9 Å². The van der Waals surface area contributed by atoms with Gasteiger partial charge in [0.1, 0.15) is 0 Å². The molecule has 1 aromatic rings. The van der Waals surface area contributed by atoms with Crippen molar-refractivity contribution in [2.75, 3.05) is 19.0 Å². The third-order valence-electron chi connectivity index (χ3n) is 3.06. The number of rotatable bonds is 5. The van der Waals surface area contributed by atoms with Crippen molar-refractivity contribution >= 4 is 46.8 Å². The first-order valence-electron chi connectivity index (χ1n) is 6.13. The largest absolute Gasteiger partial charge is 0.479 e. The van der Waals surface area contributed by atoms with E-state index >= 15 is 0 Å². The first kappa shape index (κ1) is 16.4. The molecule has 1 heterocycles. The van der Waals surface area contributed by atoms with Gasteiger partial charge in [-0.05, 0) is 18.2 Å². The Morgan fingerprint density at radius 2 is 2.19 bits per heavy atom. The third kappa shape index (κ3) is 4.03. The van der Waals surface area contributed by atoms with E-state index in [0.29, 0.717) is 21.5 Å². The maximum absolute atomic E-state index is 12.0. The number of carboxylic acid groups (broad SMARTS) is 1. The standard InChI is InChI=1S/C13H13Cl2NO4S/c14-8-1-2-9(15)10(5-8)21-6-11(17)16-13(12(18)19)3-4-20-7-13/h1-2,5H,3-4,6-7H2,(H,16,17)(H,18,19). The van der Waals surface area contributed by atoms with Crippen molar-refractivity contribution in [3.63, 3.8) is 0 Å². The summed E-state index contributed by atoms with van der Waals surface area (Å²) in [4.78, 5) is 23.9. The minimum atomic E-state index is -1.32. The molecule has 8 heteroatoms. The molecule has 0 saturated carbocycles. The van der Waals surface area contributed by atoms with Crippen LogP contribution in [0.2, 0.25) is 10.0 Å². The quantitative estimate of drug-likeness (QED) is 0.798. The van der Waals surface area contributed by atoms with Crippen LogP contribution in [0.3, 0.4) is 0 Å². The molecule has 2 rings (SSSR count). The number of halogens is 2. The molecule has 0 aliphatic carbocycles. The fourth-order valence-electron chi connectivity index (χ4n) is 1.92. The summed E-state index contributed by atoms with van der Waals surface area (Å²) in [5.74, 6) is -1.42. The summed E-state index contributed by atoms with van der Waals surface area (Å²) < 4.78 is 5.08. The molecule has 0 spiro atoms. The van der Waals surface area contributed by atoms with Gasteiger partial charge in [-0.3, -0.25) is 4.79 Å². The number of ether oxygens (including phenoxy) is 1. The van der Waals surface area contributed by atoms with Gasteiger partial charge in [0.25, 0.3) is 0 Å². The van der Waals surface area contributed by atoms with Crippen LogP contribution in [0.1, 0.15) is 6.42 Å². The average molecular weight is 350 g/mol. The van der Waals surface area contributed by atoms with E-state index in [0.717, 1.165) is 0 Å². The number of hydrogen-bond acceptors (Lipinski definition) is 4. The van der Waals surface area contributed by atoms with Crippen LogP contribution in [0.15, 0.2) is 23.1 Å². The second-order valence-electron chi connectivity index (χ2n) is 4.60. The van der Waals surface area contributed by atoms with Crippen LogP contribution in [0.25, 0.3) is 0 Å². The van der Waals surface area contributed by atoms with E-state index in [-0.39, 0.29) is 24.7 Å². The molecular formula is C13H13Cl2NO4S. The van der Waals surface area contributed by atoms with E-state index in [1.807, 2.05) is 0 Å². The van der Waals surface area contributed by atoms with Gasteiger partial charge in [0, 0.05) is 22.9 Å². The van der Waals surface area contributed by atoms with Crippen molar-refractivity contribution in [3.8, 4) is 0 Å². The minimum absolute atomic E-state index is 0.0172. The van der Waals surface area contributed by atoms with E-state index in [9.17, 15) is 14.7 Å². The molecule has 114 valence electrons. The van der Waals surface area contributed by atoms with E-state index in [1.165, 1.54) is 11.8 Å². The Balaban J connectivity index is 1.96. The topological polar surface area (TPSA) is 75.6 Å². The monoisotopic (exact) mass is 349 g/mol. The number of hydrogen-bond donors (Lipinski definition) is 2. The molecule has 1 atom stereocenters. The molecule has 1 aliphatic heterocycles. The Labute approximate surface area is 135 Å². The van der Waals surface area contributed by atoms with Gasteiger partial charge in [-0.15, -0.1) is 11.8 Å². The Bertz CT molecular complexity index is 561. The smallest absolute Gasteiger partial charge is 0.331 e. The fraction of sp³-hybridized carbons (Fsp3) is 0.385. The predicted molar refractivity (Wildman–Crippen MR) is 81.1 cm³/mol. The summed E-state index contributed by atoms with van der Waals surface area (Å²) in [5.41, 5.74) is -1.32. The molecule has 0 aromatic heterocycles. The summed E-state index contributed by atoms with van der Waals surface area (Å²) >= 11 is 13.1. The number of carbonyl (C=O) groups excluding carboxylic acids is 1. The number of benzene rings is 1. The van der Waals surface area contributed by atoms with Gasteiger partial charge in [0.2, 0.25) is 5.91 Å². The van der Waals surface area contributed by atoms with Gasteiger partial charge in [-0.2, -0.15) is 0 Å². The molecule has 1 unspecified atom stereocenters. The highest BCUT2D eigenvalue weighted by atomic mass is 35.5. The molecule has 0 radical (unpaired) electrons. The van der Waals surface area contributed by atoms with Gasteiger partial charge < -0.3 is 15.2 Å². The normalized spacial score (nSPS) is 21.2. The maximum atomic E-state index is 12.0. The van der Waals surface area contributed by atoms with Crippen LogP contribution < -0.4 is 5.32 Å². The minimum Gasteiger partial charge on any atom is -0.479 e. The summed E-state index contributed by atoms with van der Waals surface area (Å²) in [7, 11) is 0. The van der Waals surface area contributed by atoms with Gasteiger partial charge >= 0.3 is 5.97 Å². The highest BCUT2D eigenvalue weighted by molar-refractivity contribution is 8.00. The van der Waals surface area contributed by atoms with E-state index in [1.54, 1.807) is 18.2 Å². The average Bonchev–Trinajstić information content (AvgIpc) is 2.89. The summed E-state index contributed by atoms with van der Waals surface area (Å²) in [5, 5.41) is 12.8. The first-order valence-corrected chi connectivity index (χ1v) is 7.87. The van der Waals surface area contributed by atoms with Crippen LogP contribution in [-0.2, 0) is 14.3 Å². The maximum Gasteiger partial charge on any atom is 0.331 e.